The molecule has 0 spiro atoms. The summed E-state index contributed by atoms with van der Waals surface area (Å²) in [4.78, 5) is 0.637. The van der Waals surface area contributed by atoms with E-state index in [4.69, 9.17) is 0 Å². The Labute approximate surface area is 85.4 Å². The first-order valence-electron chi connectivity index (χ1n) is 4.27. The summed E-state index contributed by atoms with van der Waals surface area (Å²) in [6, 6.07) is 13.2. The highest BCUT2D eigenvalue weighted by atomic mass is 32.2. The van der Waals surface area contributed by atoms with Crippen LogP contribution in [0.1, 0.15) is 0 Å². The monoisotopic (exact) mass is 205 g/mol. The molecule has 0 N–H and O–H groups in total. The van der Waals surface area contributed by atoms with Crippen LogP contribution in [0.3, 0.4) is 0 Å². The predicted molar refractivity (Wildman–Crippen MR) is 55.9 cm³/mol. The van der Waals surface area contributed by atoms with Crippen molar-refractivity contribution in [3.8, 4) is 0 Å². The molecule has 0 amide bonds. The average Bonchev–Trinajstić information content (AvgIpc) is 2.27. The molecule has 1 unspecified atom stereocenters. The second kappa shape index (κ2) is 4.00. The van der Waals surface area contributed by atoms with E-state index < -0.39 is 17.1 Å². The zero-order valence-corrected chi connectivity index (χ0v) is 8.29. The lowest BCUT2D eigenvalue weighted by molar-refractivity contribution is 0.250. The molecule has 0 saturated heterocycles. The first kappa shape index (κ1) is 9.52. The minimum Gasteiger partial charge on any atom is -0.610 e. The fraction of sp³-hybridized carbons (Fsp3) is 0.0909. The minimum absolute atomic E-state index is 0.575. The summed E-state index contributed by atoms with van der Waals surface area (Å²) in [6.07, 6.45) is 0. The molecule has 2 aromatic carbocycles. The van der Waals surface area contributed by atoms with Gasteiger partial charge >= 0.3 is 0 Å². The maximum absolute atomic E-state index is 11.4. The van der Waals surface area contributed by atoms with Crippen molar-refractivity contribution in [3.63, 3.8) is 0 Å². The standard InChI is InChI=1S/C11H9O2S/c12-8-14(13)11-7-3-5-9-4-1-2-6-10(9)11/h1-7H,8H2. The smallest absolute Gasteiger partial charge is 0.241 e. The van der Waals surface area contributed by atoms with Crippen LogP contribution >= 0.6 is 0 Å². The number of hydrogen-bond acceptors (Lipinski definition) is 1. The van der Waals surface area contributed by atoms with Crippen molar-refractivity contribution in [1.29, 1.82) is 0 Å². The largest absolute Gasteiger partial charge is 0.610 e. The summed E-state index contributed by atoms with van der Waals surface area (Å²) < 4.78 is 11.4. The Kier molecular flexibility index (Phi) is 2.72. The van der Waals surface area contributed by atoms with Gasteiger partial charge in [-0.1, -0.05) is 30.3 Å². The van der Waals surface area contributed by atoms with E-state index in [0.29, 0.717) is 4.90 Å². The molecule has 0 aliphatic rings. The second-order valence-electron chi connectivity index (χ2n) is 2.94. The molecule has 2 rings (SSSR count). The van der Waals surface area contributed by atoms with E-state index in [2.05, 4.69) is 0 Å². The van der Waals surface area contributed by atoms with E-state index in [0.717, 1.165) is 10.8 Å². The molecule has 0 fully saturated rings. The molecule has 0 aromatic heterocycles. The van der Waals surface area contributed by atoms with Crippen LogP contribution in [0.5, 0.6) is 0 Å². The number of rotatable bonds is 2. The third-order valence-electron chi connectivity index (χ3n) is 2.10. The molecule has 2 aromatic rings. The first-order valence-corrected chi connectivity index (χ1v) is 5.59. The van der Waals surface area contributed by atoms with Gasteiger partial charge in [0.2, 0.25) is 5.94 Å². The number of benzene rings is 2. The Balaban J connectivity index is 2.65. The Morgan fingerprint density at radius 3 is 2.57 bits per heavy atom. The molecule has 1 radical (unpaired) electrons. The third-order valence-corrected chi connectivity index (χ3v) is 3.16. The summed E-state index contributed by atoms with van der Waals surface area (Å²) in [5.74, 6) is -0.575. The third kappa shape index (κ3) is 1.62. The lowest BCUT2D eigenvalue weighted by atomic mass is 10.1. The van der Waals surface area contributed by atoms with Crippen LogP contribution in [0.2, 0.25) is 0 Å². The van der Waals surface area contributed by atoms with Crippen LogP contribution in [-0.2, 0) is 16.3 Å². The van der Waals surface area contributed by atoms with Crippen molar-refractivity contribution in [2.75, 3.05) is 5.94 Å². The Hall–Kier alpha value is -1.03. The highest BCUT2D eigenvalue weighted by molar-refractivity contribution is 7.91. The molecule has 71 valence electrons. The van der Waals surface area contributed by atoms with Crippen molar-refractivity contribution < 1.29 is 9.66 Å². The maximum atomic E-state index is 11.4. The highest BCUT2D eigenvalue weighted by Crippen LogP contribution is 2.23. The fourth-order valence-electron chi connectivity index (χ4n) is 1.46. The lowest BCUT2D eigenvalue weighted by Crippen LogP contribution is -2.05. The van der Waals surface area contributed by atoms with Crippen molar-refractivity contribution in [2.24, 2.45) is 0 Å². The van der Waals surface area contributed by atoms with E-state index in [1.807, 2.05) is 36.4 Å². The van der Waals surface area contributed by atoms with Gasteiger partial charge in [0.25, 0.3) is 0 Å². The van der Waals surface area contributed by atoms with E-state index >= 15 is 0 Å². The maximum Gasteiger partial charge on any atom is 0.241 e. The molecule has 0 bridgehead atoms. The van der Waals surface area contributed by atoms with Gasteiger partial charge in [0.05, 0.1) is 0 Å². The Morgan fingerprint density at radius 1 is 1.07 bits per heavy atom. The van der Waals surface area contributed by atoms with Gasteiger partial charge in [0.1, 0.15) is 0 Å². The summed E-state index contributed by atoms with van der Waals surface area (Å²) in [5.41, 5.74) is 0. The fourth-order valence-corrected chi connectivity index (χ4v) is 2.25. The summed E-state index contributed by atoms with van der Waals surface area (Å²) in [6.45, 7) is 0. The number of hydrogen-bond donors (Lipinski definition) is 0. The molecule has 0 saturated carbocycles. The van der Waals surface area contributed by atoms with E-state index in [-0.39, 0.29) is 0 Å². The van der Waals surface area contributed by atoms with Crippen molar-refractivity contribution in [2.45, 2.75) is 4.90 Å². The van der Waals surface area contributed by atoms with Gasteiger partial charge in [0.15, 0.2) is 4.90 Å². The van der Waals surface area contributed by atoms with Crippen molar-refractivity contribution in [1.82, 2.24) is 0 Å². The Bertz CT molecular complexity index is 437. The van der Waals surface area contributed by atoms with Crippen LogP contribution < -0.4 is 0 Å². The van der Waals surface area contributed by atoms with E-state index in [1.54, 1.807) is 6.07 Å². The van der Waals surface area contributed by atoms with Gasteiger partial charge in [-0.2, -0.15) is 5.11 Å². The van der Waals surface area contributed by atoms with Gasteiger partial charge in [-0.25, -0.2) is 0 Å². The molecule has 0 aliphatic heterocycles. The summed E-state index contributed by atoms with van der Waals surface area (Å²) in [7, 11) is 0. The van der Waals surface area contributed by atoms with Crippen molar-refractivity contribution >= 4 is 21.9 Å². The molecular formula is C11H9O2S. The van der Waals surface area contributed by atoms with Gasteiger partial charge in [-0.3, -0.25) is 0 Å². The van der Waals surface area contributed by atoms with Crippen LogP contribution in [0.4, 0.5) is 0 Å². The van der Waals surface area contributed by atoms with Crippen LogP contribution in [0.25, 0.3) is 10.8 Å². The lowest BCUT2D eigenvalue weighted by Gasteiger charge is -2.08. The minimum atomic E-state index is -1.42. The van der Waals surface area contributed by atoms with Crippen LogP contribution in [0, 0.1) is 0 Å². The number of fused-ring (bicyclic) bond motifs is 1. The zero-order valence-electron chi connectivity index (χ0n) is 7.47. The second-order valence-corrected chi connectivity index (χ2v) is 4.31. The Morgan fingerprint density at radius 2 is 1.79 bits per heavy atom. The molecule has 14 heavy (non-hydrogen) atoms. The zero-order chi connectivity index (χ0) is 9.97. The highest BCUT2D eigenvalue weighted by Gasteiger charge is 2.12. The van der Waals surface area contributed by atoms with Gasteiger partial charge in [-0.15, -0.1) is 0 Å². The quantitative estimate of drug-likeness (QED) is 0.694. The van der Waals surface area contributed by atoms with E-state index in [1.165, 1.54) is 0 Å². The molecule has 0 heterocycles. The van der Waals surface area contributed by atoms with Gasteiger partial charge < -0.3 is 4.55 Å². The van der Waals surface area contributed by atoms with Crippen LogP contribution in [-0.4, -0.2) is 10.5 Å². The predicted octanol–water partition coefficient (Wildman–Crippen LogP) is 2.34. The molecule has 3 heteroatoms. The molecule has 1 atom stereocenters. The summed E-state index contributed by atoms with van der Waals surface area (Å²) in [5, 5.41) is 12.5. The normalized spacial score (nSPS) is 13.0. The van der Waals surface area contributed by atoms with Crippen LogP contribution in [0.15, 0.2) is 47.4 Å². The van der Waals surface area contributed by atoms with Gasteiger partial charge in [0, 0.05) is 16.6 Å². The van der Waals surface area contributed by atoms with Crippen molar-refractivity contribution in [3.05, 3.63) is 42.5 Å². The SMILES string of the molecule is [O]C[S+]([O-])c1cccc2ccccc12. The molecule has 2 nitrogen and oxygen atoms in total. The topological polar surface area (TPSA) is 43.0 Å². The molecule has 0 aliphatic carbocycles. The van der Waals surface area contributed by atoms with E-state index in [9.17, 15) is 9.66 Å². The van der Waals surface area contributed by atoms with Gasteiger partial charge in [-0.05, 0) is 17.5 Å². The summed E-state index contributed by atoms with van der Waals surface area (Å²) >= 11 is -1.42. The first-order chi connectivity index (χ1) is 6.83. The molecular weight excluding hydrogens is 196 g/mol. The average molecular weight is 205 g/mol.